The maximum absolute atomic E-state index is 12.9. The van der Waals surface area contributed by atoms with Gasteiger partial charge in [0.15, 0.2) is 10.7 Å². The molecular formula is C24H29N7O2S. The molecule has 0 radical (unpaired) electrons. The SMILES string of the molecule is Cc1ccc(NC(=O)c2nc(C(C)(C)C)cs2)cc1-c1nn(C[C@@H](C)CO)c2ncnc(N)c12. The van der Waals surface area contributed by atoms with E-state index in [1.165, 1.54) is 17.7 Å². The van der Waals surface area contributed by atoms with Crippen molar-refractivity contribution in [2.24, 2.45) is 5.92 Å². The number of aliphatic hydroxyl groups excluding tert-OH is 1. The number of hydrogen-bond donors (Lipinski definition) is 3. The number of thiazole rings is 1. The van der Waals surface area contributed by atoms with Crippen molar-refractivity contribution in [3.63, 3.8) is 0 Å². The van der Waals surface area contributed by atoms with Gasteiger partial charge in [0.1, 0.15) is 17.8 Å². The number of rotatable bonds is 6. The number of hydrogen-bond acceptors (Lipinski definition) is 8. The molecule has 0 bridgehead atoms. The third-order valence-electron chi connectivity index (χ3n) is 5.57. The fourth-order valence-corrected chi connectivity index (χ4v) is 4.50. The molecule has 0 saturated heterocycles. The van der Waals surface area contributed by atoms with Crippen molar-refractivity contribution in [3.05, 3.63) is 46.2 Å². The Morgan fingerprint density at radius 3 is 2.74 bits per heavy atom. The van der Waals surface area contributed by atoms with Crippen LogP contribution in [0.15, 0.2) is 29.9 Å². The molecule has 1 aromatic carbocycles. The van der Waals surface area contributed by atoms with Crippen LogP contribution in [0.5, 0.6) is 0 Å². The molecule has 178 valence electrons. The minimum absolute atomic E-state index is 0.00450. The number of aryl methyl sites for hydroxylation is 1. The Morgan fingerprint density at radius 1 is 1.29 bits per heavy atom. The Labute approximate surface area is 202 Å². The van der Waals surface area contributed by atoms with Gasteiger partial charge in [-0.05, 0) is 30.5 Å². The van der Waals surface area contributed by atoms with Gasteiger partial charge in [-0.2, -0.15) is 5.10 Å². The topological polar surface area (TPSA) is 132 Å². The highest BCUT2D eigenvalue weighted by atomic mass is 32.1. The summed E-state index contributed by atoms with van der Waals surface area (Å²) in [7, 11) is 0. The molecule has 1 atom stereocenters. The van der Waals surface area contributed by atoms with E-state index in [4.69, 9.17) is 10.8 Å². The summed E-state index contributed by atoms with van der Waals surface area (Å²) in [6.45, 7) is 10.6. The van der Waals surface area contributed by atoms with Crippen molar-refractivity contribution in [1.29, 1.82) is 0 Å². The van der Waals surface area contributed by atoms with Crippen molar-refractivity contribution >= 4 is 39.8 Å². The van der Waals surface area contributed by atoms with Crippen LogP contribution < -0.4 is 11.1 Å². The molecule has 0 spiro atoms. The molecule has 0 aliphatic rings. The smallest absolute Gasteiger partial charge is 0.284 e. The zero-order chi connectivity index (χ0) is 24.6. The van der Waals surface area contributed by atoms with Crippen LogP contribution in [0.1, 0.15) is 48.8 Å². The molecule has 4 N–H and O–H groups in total. The van der Waals surface area contributed by atoms with E-state index in [2.05, 4.69) is 41.0 Å². The van der Waals surface area contributed by atoms with Crippen LogP contribution in [0.25, 0.3) is 22.3 Å². The quantitative estimate of drug-likeness (QED) is 0.380. The number of nitrogens with one attached hydrogen (secondary N) is 1. The van der Waals surface area contributed by atoms with Crippen LogP contribution in [-0.4, -0.2) is 42.4 Å². The number of benzene rings is 1. The van der Waals surface area contributed by atoms with Gasteiger partial charge >= 0.3 is 0 Å². The minimum Gasteiger partial charge on any atom is -0.396 e. The van der Waals surface area contributed by atoms with Crippen molar-refractivity contribution in [2.75, 3.05) is 17.7 Å². The second-order valence-corrected chi connectivity index (χ2v) is 10.4. The van der Waals surface area contributed by atoms with Gasteiger partial charge in [-0.15, -0.1) is 11.3 Å². The maximum atomic E-state index is 12.9. The molecular weight excluding hydrogens is 450 g/mol. The molecule has 1 amide bonds. The van der Waals surface area contributed by atoms with E-state index in [0.717, 1.165) is 16.8 Å². The van der Waals surface area contributed by atoms with Gasteiger partial charge < -0.3 is 16.2 Å². The number of nitrogens with two attached hydrogens (primary N) is 1. The largest absolute Gasteiger partial charge is 0.396 e. The summed E-state index contributed by atoms with van der Waals surface area (Å²) >= 11 is 1.33. The first-order chi connectivity index (χ1) is 16.1. The summed E-state index contributed by atoms with van der Waals surface area (Å²) in [6, 6.07) is 5.65. The van der Waals surface area contributed by atoms with Crippen molar-refractivity contribution in [2.45, 2.75) is 46.6 Å². The van der Waals surface area contributed by atoms with Crippen LogP contribution in [-0.2, 0) is 12.0 Å². The van der Waals surface area contributed by atoms with E-state index in [-0.39, 0.29) is 23.8 Å². The molecule has 0 unspecified atom stereocenters. The number of aromatic nitrogens is 5. The van der Waals surface area contributed by atoms with Gasteiger partial charge in [-0.1, -0.05) is 33.8 Å². The second-order valence-electron chi connectivity index (χ2n) is 9.55. The Morgan fingerprint density at radius 2 is 2.06 bits per heavy atom. The highest BCUT2D eigenvalue weighted by molar-refractivity contribution is 7.11. The molecule has 3 aromatic heterocycles. The zero-order valence-corrected chi connectivity index (χ0v) is 20.8. The van der Waals surface area contributed by atoms with Crippen LogP contribution in [0, 0.1) is 12.8 Å². The first-order valence-electron chi connectivity index (χ1n) is 11.0. The minimum atomic E-state index is -0.259. The summed E-state index contributed by atoms with van der Waals surface area (Å²) < 4.78 is 1.75. The first kappa shape index (κ1) is 23.8. The van der Waals surface area contributed by atoms with Crippen molar-refractivity contribution in [3.8, 4) is 11.3 Å². The van der Waals surface area contributed by atoms with E-state index >= 15 is 0 Å². The number of amides is 1. The predicted molar refractivity (Wildman–Crippen MR) is 135 cm³/mol. The molecule has 0 aliphatic carbocycles. The third-order valence-corrected chi connectivity index (χ3v) is 6.41. The number of nitrogens with zero attached hydrogens (tertiary/aromatic N) is 5. The molecule has 0 aliphatic heterocycles. The molecule has 0 saturated carbocycles. The number of fused-ring (bicyclic) bond motifs is 1. The van der Waals surface area contributed by atoms with Crippen LogP contribution >= 0.6 is 11.3 Å². The van der Waals surface area contributed by atoms with E-state index in [0.29, 0.717) is 39.8 Å². The number of aliphatic hydroxyl groups is 1. The Kier molecular flexibility index (Phi) is 6.37. The molecule has 9 nitrogen and oxygen atoms in total. The Balaban J connectivity index is 1.71. The summed E-state index contributed by atoms with van der Waals surface area (Å²) in [5.41, 5.74) is 10.6. The van der Waals surface area contributed by atoms with Gasteiger partial charge in [0.05, 0.1) is 11.1 Å². The summed E-state index contributed by atoms with van der Waals surface area (Å²) in [6.07, 6.45) is 1.41. The fourth-order valence-electron chi connectivity index (χ4n) is 3.56. The summed E-state index contributed by atoms with van der Waals surface area (Å²) in [5, 5.41) is 20.2. The lowest BCUT2D eigenvalue weighted by atomic mass is 9.93. The molecule has 0 fully saturated rings. The van der Waals surface area contributed by atoms with Gasteiger partial charge in [0.2, 0.25) is 0 Å². The van der Waals surface area contributed by atoms with E-state index in [1.54, 1.807) is 4.68 Å². The molecule has 4 rings (SSSR count). The monoisotopic (exact) mass is 479 g/mol. The standard InChI is InChI=1S/C24H29N7O2S/c1-13(10-32)9-31-21-18(20(25)26-12-27-21)19(30-31)16-8-15(7-6-14(16)2)28-22(33)23-29-17(11-34-23)24(3,4)5/h6-8,11-13,32H,9-10H2,1-5H3,(H,28,33)(H2,25,26,27)/t13-/m1/s1. The normalized spacial score (nSPS) is 12.8. The second kappa shape index (κ2) is 9.11. The van der Waals surface area contributed by atoms with Crippen LogP contribution in [0.4, 0.5) is 11.5 Å². The first-order valence-corrected chi connectivity index (χ1v) is 11.9. The van der Waals surface area contributed by atoms with Gasteiger partial charge in [-0.3, -0.25) is 4.79 Å². The average molecular weight is 480 g/mol. The van der Waals surface area contributed by atoms with E-state index in [9.17, 15) is 9.90 Å². The van der Waals surface area contributed by atoms with Crippen LogP contribution in [0.2, 0.25) is 0 Å². The van der Waals surface area contributed by atoms with E-state index in [1.807, 2.05) is 37.4 Å². The zero-order valence-electron chi connectivity index (χ0n) is 20.0. The van der Waals surface area contributed by atoms with Gasteiger partial charge in [0.25, 0.3) is 5.91 Å². The van der Waals surface area contributed by atoms with Gasteiger partial charge in [-0.25, -0.2) is 19.6 Å². The summed E-state index contributed by atoms with van der Waals surface area (Å²) in [4.78, 5) is 25.9. The predicted octanol–water partition coefficient (Wildman–Crippen LogP) is 4.02. The number of anilines is 2. The lowest BCUT2D eigenvalue weighted by Crippen LogP contribution is -2.15. The van der Waals surface area contributed by atoms with Gasteiger partial charge in [0, 0.05) is 35.2 Å². The molecule has 34 heavy (non-hydrogen) atoms. The number of nitrogen functional groups attached to an aromatic ring is 1. The number of carbonyl (C=O) groups is 1. The van der Waals surface area contributed by atoms with Crippen molar-refractivity contribution in [1.82, 2.24) is 24.7 Å². The molecule has 10 heteroatoms. The lowest BCUT2D eigenvalue weighted by Gasteiger charge is -2.14. The molecule has 4 aromatic rings. The highest BCUT2D eigenvalue weighted by Crippen LogP contribution is 2.34. The average Bonchev–Trinajstić information content (AvgIpc) is 3.42. The summed E-state index contributed by atoms with van der Waals surface area (Å²) in [5.74, 6) is 0.0645. The Hall–Kier alpha value is -3.37. The maximum Gasteiger partial charge on any atom is 0.284 e. The molecule has 3 heterocycles. The lowest BCUT2D eigenvalue weighted by molar-refractivity contribution is 0.102. The fraction of sp³-hybridized carbons (Fsp3) is 0.375. The van der Waals surface area contributed by atoms with Crippen molar-refractivity contribution < 1.29 is 9.90 Å². The number of carbonyl (C=O) groups excluding carboxylic acids is 1. The van der Waals surface area contributed by atoms with Crippen LogP contribution in [0.3, 0.4) is 0 Å². The van der Waals surface area contributed by atoms with E-state index < -0.39 is 0 Å². The Bertz CT molecular complexity index is 1350. The highest BCUT2D eigenvalue weighted by Gasteiger charge is 2.22. The third kappa shape index (κ3) is 4.64.